The van der Waals surface area contributed by atoms with Crippen molar-refractivity contribution in [2.75, 3.05) is 17.7 Å². The summed E-state index contributed by atoms with van der Waals surface area (Å²) in [5, 5.41) is 27.0. The summed E-state index contributed by atoms with van der Waals surface area (Å²) in [5.74, 6) is -1.74. The number of carbonyl (C=O) groups is 2. The fourth-order valence-corrected chi connectivity index (χ4v) is 4.20. The summed E-state index contributed by atoms with van der Waals surface area (Å²) in [7, 11) is 0. The second-order valence-corrected chi connectivity index (χ2v) is 7.95. The number of rotatable bonds is 9. The van der Waals surface area contributed by atoms with E-state index in [0.717, 1.165) is 11.8 Å². The summed E-state index contributed by atoms with van der Waals surface area (Å²) in [4.78, 5) is 35.8. The largest absolute Gasteiger partial charge is 0.468 e. The number of nitrogens with one attached hydrogen (secondary N) is 2. The van der Waals surface area contributed by atoms with E-state index in [4.69, 9.17) is 9.15 Å². The fourth-order valence-electron chi connectivity index (χ4n) is 3.31. The van der Waals surface area contributed by atoms with Gasteiger partial charge in [0, 0.05) is 11.8 Å². The van der Waals surface area contributed by atoms with Crippen molar-refractivity contribution in [1.29, 1.82) is 5.26 Å². The molecule has 11 heteroatoms. The van der Waals surface area contributed by atoms with Crippen LogP contribution in [-0.4, -0.2) is 29.2 Å². The van der Waals surface area contributed by atoms with E-state index in [1.165, 1.54) is 30.5 Å². The minimum atomic E-state index is -0.834. The first kappa shape index (κ1) is 24.3. The molecule has 1 aromatic heterocycles. The molecule has 2 N–H and O–H groups in total. The van der Waals surface area contributed by atoms with Crippen LogP contribution in [0.15, 0.2) is 81.6 Å². The third-order valence-corrected chi connectivity index (χ3v) is 5.77. The van der Waals surface area contributed by atoms with Gasteiger partial charge in [-0.25, -0.2) is 4.79 Å². The number of allylic oxidation sites excluding steroid dienone is 2. The lowest BCUT2D eigenvalue weighted by atomic mass is 9.86. The third-order valence-electron chi connectivity index (χ3n) is 4.75. The van der Waals surface area contributed by atoms with Crippen LogP contribution in [0.3, 0.4) is 0 Å². The van der Waals surface area contributed by atoms with Crippen molar-refractivity contribution in [3.63, 3.8) is 0 Å². The second kappa shape index (κ2) is 11.0. The Morgan fingerprint density at radius 1 is 1.38 bits per heavy atom. The smallest absolute Gasteiger partial charge is 0.337 e. The Kier molecular flexibility index (Phi) is 7.89. The number of nitrogens with zero attached hydrogens (tertiary/aromatic N) is 2. The van der Waals surface area contributed by atoms with Gasteiger partial charge in [-0.15, -0.1) is 0 Å². The average molecular weight is 481 g/mol. The van der Waals surface area contributed by atoms with Crippen LogP contribution in [0.4, 0.5) is 11.4 Å². The molecule has 0 bridgehead atoms. The van der Waals surface area contributed by atoms with Crippen LogP contribution in [0.2, 0.25) is 0 Å². The number of esters is 1. The number of benzene rings is 1. The molecule has 0 aliphatic carbocycles. The minimum Gasteiger partial charge on any atom is -0.468 e. The number of dihydropyridines is 1. The molecule has 10 nitrogen and oxygen atoms in total. The molecule has 1 aliphatic rings. The number of carbonyl (C=O) groups excluding carboxylic acids is 2. The number of nitro groups is 1. The number of furan rings is 1. The SMILES string of the molecule is C=CCOC(=O)C1=C(C)NC(SCC(=O)Nc2ccccc2[N+](=O)[O-])=C(C#N)[C@H]1c1ccco1. The molecule has 1 aliphatic heterocycles. The van der Waals surface area contributed by atoms with E-state index >= 15 is 0 Å². The zero-order chi connectivity index (χ0) is 24.7. The van der Waals surface area contributed by atoms with Gasteiger partial charge in [0.05, 0.1) is 45.1 Å². The highest BCUT2D eigenvalue weighted by Crippen LogP contribution is 2.41. The summed E-state index contributed by atoms with van der Waals surface area (Å²) in [6.45, 7) is 5.18. The van der Waals surface area contributed by atoms with Gasteiger partial charge in [-0.2, -0.15) is 5.26 Å². The van der Waals surface area contributed by atoms with E-state index < -0.39 is 22.7 Å². The minimum absolute atomic E-state index is 0.000506. The number of hydrogen-bond acceptors (Lipinski definition) is 9. The second-order valence-electron chi connectivity index (χ2n) is 6.96. The Balaban J connectivity index is 1.85. The number of para-hydroxylation sites is 2. The van der Waals surface area contributed by atoms with Crippen molar-refractivity contribution in [3.8, 4) is 6.07 Å². The first-order valence-electron chi connectivity index (χ1n) is 9.96. The lowest BCUT2D eigenvalue weighted by Crippen LogP contribution is -2.29. The van der Waals surface area contributed by atoms with E-state index in [-0.39, 0.29) is 34.9 Å². The highest BCUT2D eigenvalue weighted by atomic mass is 32.2. The molecule has 0 spiro atoms. The Hall–Kier alpha value is -4.30. The van der Waals surface area contributed by atoms with Gasteiger partial charge >= 0.3 is 5.97 Å². The van der Waals surface area contributed by atoms with E-state index in [1.807, 2.05) is 0 Å². The van der Waals surface area contributed by atoms with Crippen LogP contribution in [0.25, 0.3) is 0 Å². The number of hydrogen-bond donors (Lipinski definition) is 2. The van der Waals surface area contributed by atoms with Gasteiger partial charge in [-0.1, -0.05) is 36.5 Å². The molecule has 3 rings (SSSR count). The number of anilines is 1. The highest BCUT2D eigenvalue weighted by Gasteiger charge is 2.37. The van der Waals surface area contributed by atoms with Gasteiger partial charge in [-0.05, 0) is 25.1 Å². The topological polar surface area (TPSA) is 148 Å². The lowest BCUT2D eigenvalue weighted by molar-refractivity contribution is -0.383. The Morgan fingerprint density at radius 2 is 2.15 bits per heavy atom. The predicted molar refractivity (Wildman–Crippen MR) is 125 cm³/mol. The summed E-state index contributed by atoms with van der Waals surface area (Å²) in [5.41, 5.74) is 0.668. The van der Waals surface area contributed by atoms with Gasteiger partial charge in [0.2, 0.25) is 5.91 Å². The predicted octanol–water partition coefficient (Wildman–Crippen LogP) is 3.98. The molecule has 0 saturated heterocycles. The molecule has 1 aromatic carbocycles. The number of thioether (sulfide) groups is 1. The maximum absolute atomic E-state index is 12.7. The first-order valence-corrected chi connectivity index (χ1v) is 11.0. The normalized spacial score (nSPS) is 15.2. The maximum Gasteiger partial charge on any atom is 0.337 e. The first-order chi connectivity index (χ1) is 16.4. The van der Waals surface area contributed by atoms with Gasteiger partial charge in [-0.3, -0.25) is 14.9 Å². The molecule has 1 atom stereocenters. The Bertz CT molecular complexity index is 1230. The van der Waals surface area contributed by atoms with E-state index in [0.29, 0.717) is 16.5 Å². The number of ether oxygens (including phenoxy) is 1. The van der Waals surface area contributed by atoms with Crippen molar-refractivity contribution in [2.24, 2.45) is 0 Å². The van der Waals surface area contributed by atoms with E-state index in [1.54, 1.807) is 25.1 Å². The van der Waals surface area contributed by atoms with Gasteiger partial charge in [0.25, 0.3) is 5.69 Å². The van der Waals surface area contributed by atoms with Crippen LogP contribution in [0, 0.1) is 21.4 Å². The van der Waals surface area contributed by atoms with E-state index in [9.17, 15) is 25.0 Å². The Labute approximate surface area is 199 Å². The van der Waals surface area contributed by atoms with Crippen molar-refractivity contribution in [1.82, 2.24) is 5.32 Å². The molecule has 0 radical (unpaired) electrons. The zero-order valence-corrected chi connectivity index (χ0v) is 18.9. The number of amides is 1. The van der Waals surface area contributed by atoms with Crippen molar-refractivity contribution >= 4 is 35.0 Å². The van der Waals surface area contributed by atoms with Crippen molar-refractivity contribution in [2.45, 2.75) is 12.8 Å². The van der Waals surface area contributed by atoms with Crippen molar-refractivity contribution < 1.29 is 23.7 Å². The highest BCUT2D eigenvalue weighted by molar-refractivity contribution is 8.03. The zero-order valence-electron chi connectivity index (χ0n) is 18.1. The molecule has 2 heterocycles. The molecule has 34 heavy (non-hydrogen) atoms. The van der Waals surface area contributed by atoms with Crippen LogP contribution in [-0.2, 0) is 14.3 Å². The molecule has 0 fully saturated rings. The van der Waals surface area contributed by atoms with Gasteiger partial charge in [0.1, 0.15) is 18.1 Å². The average Bonchev–Trinajstić information content (AvgIpc) is 3.35. The molecular weight excluding hydrogens is 460 g/mol. The lowest BCUT2D eigenvalue weighted by Gasteiger charge is -2.27. The summed E-state index contributed by atoms with van der Waals surface area (Å²) >= 11 is 1.03. The van der Waals surface area contributed by atoms with Gasteiger partial charge in [0.15, 0.2) is 0 Å². The number of nitro benzene ring substituents is 1. The standard InChI is InChI=1S/C23H20N4O6S/c1-3-10-33-23(29)20-14(2)25-22(15(12-24)21(20)18-9-6-11-32-18)34-13-19(28)26-16-7-4-5-8-17(16)27(30)31/h3-9,11,21,25H,1,10,13H2,2H3,(H,26,28)/t21-/m0/s1. The van der Waals surface area contributed by atoms with Crippen molar-refractivity contribution in [3.05, 3.63) is 93.1 Å². The van der Waals surface area contributed by atoms with Crippen LogP contribution in [0.5, 0.6) is 0 Å². The van der Waals surface area contributed by atoms with Crippen LogP contribution in [0.1, 0.15) is 18.6 Å². The summed E-state index contributed by atoms with van der Waals surface area (Å²) in [6.07, 6.45) is 2.87. The van der Waals surface area contributed by atoms with Crippen LogP contribution < -0.4 is 10.6 Å². The monoisotopic (exact) mass is 480 g/mol. The molecule has 0 unspecified atom stereocenters. The van der Waals surface area contributed by atoms with Crippen LogP contribution >= 0.6 is 11.8 Å². The Morgan fingerprint density at radius 3 is 2.79 bits per heavy atom. The fraction of sp³-hybridized carbons (Fsp3) is 0.174. The third kappa shape index (κ3) is 5.36. The molecule has 1 amide bonds. The quantitative estimate of drug-likeness (QED) is 0.235. The number of nitriles is 1. The molecule has 174 valence electrons. The van der Waals surface area contributed by atoms with E-state index in [2.05, 4.69) is 23.3 Å². The molecular formula is C23H20N4O6S. The van der Waals surface area contributed by atoms with Gasteiger partial charge < -0.3 is 19.8 Å². The molecule has 2 aromatic rings. The summed E-state index contributed by atoms with van der Waals surface area (Å²) < 4.78 is 10.7. The molecule has 0 saturated carbocycles. The maximum atomic E-state index is 12.7. The summed E-state index contributed by atoms with van der Waals surface area (Å²) in [6, 6.07) is 11.2.